The van der Waals surface area contributed by atoms with E-state index in [2.05, 4.69) is 10.6 Å². The van der Waals surface area contributed by atoms with Gasteiger partial charge in [0.1, 0.15) is 0 Å². The lowest BCUT2D eigenvalue weighted by molar-refractivity contribution is -0.116. The highest BCUT2D eigenvalue weighted by molar-refractivity contribution is 5.92. The molecule has 0 spiro atoms. The van der Waals surface area contributed by atoms with Crippen LogP contribution in [-0.2, 0) is 4.79 Å². The monoisotopic (exact) mass is 292 g/mol. The van der Waals surface area contributed by atoms with Crippen LogP contribution in [-0.4, -0.2) is 29.7 Å². The molecule has 2 unspecified atom stereocenters. The zero-order chi connectivity index (χ0) is 15.8. The number of rotatable bonds is 8. The molecule has 2 atom stereocenters. The van der Waals surface area contributed by atoms with E-state index in [0.717, 1.165) is 30.6 Å². The van der Waals surface area contributed by atoms with E-state index in [-0.39, 0.29) is 18.1 Å². The number of amides is 1. The number of aliphatic hydroxyl groups is 1. The third-order valence-corrected chi connectivity index (χ3v) is 3.81. The van der Waals surface area contributed by atoms with E-state index in [1.807, 2.05) is 45.9 Å². The number of hydrogen-bond donors (Lipinski definition) is 3. The highest BCUT2D eigenvalue weighted by atomic mass is 16.3. The van der Waals surface area contributed by atoms with Crippen molar-refractivity contribution in [3.8, 4) is 0 Å². The minimum absolute atomic E-state index is 0.0136. The van der Waals surface area contributed by atoms with Crippen LogP contribution in [0.3, 0.4) is 0 Å². The van der Waals surface area contributed by atoms with Crippen LogP contribution in [0.2, 0.25) is 0 Å². The van der Waals surface area contributed by atoms with Gasteiger partial charge in [0.05, 0.1) is 6.10 Å². The molecule has 0 saturated carbocycles. The summed E-state index contributed by atoms with van der Waals surface area (Å²) in [6.07, 6.45) is 1.66. The van der Waals surface area contributed by atoms with E-state index < -0.39 is 0 Å². The summed E-state index contributed by atoms with van der Waals surface area (Å²) in [5, 5.41) is 15.7. The molecular weight excluding hydrogens is 264 g/mol. The topological polar surface area (TPSA) is 61.4 Å². The van der Waals surface area contributed by atoms with Gasteiger partial charge in [0.25, 0.3) is 0 Å². The predicted molar refractivity (Wildman–Crippen MR) is 87.5 cm³/mol. The first-order chi connectivity index (χ1) is 9.93. The maximum absolute atomic E-state index is 12.0. The third kappa shape index (κ3) is 6.27. The second-order valence-corrected chi connectivity index (χ2v) is 5.71. The van der Waals surface area contributed by atoms with Crippen molar-refractivity contribution in [3.63, 3.8) is 0 Å². The Bertz CT molecular complexity index is 460. The fourth-order valence-corrected chi connectivity index (χ4v) is 2.14. The molecule has 21 heavy (non-hydrogen) atoms. The Morgan fingerprint density at radius 3 is 2.71 bits per heavy atom. The first kappa shape index (κ1) is 17.7. The Balaban J connectivity index is 2.37. The number of aryl methyl sites for hydroxylation is 1. The van der Waals surface area contributed by atoms with Gasteiger partial charge in [-0.25, -0.2) is 0 Å². The Kier molecular flexibility index (Phi) is 7.40. The lowest BCUT2D eigenvalue weighted by atomic mass is 10.1. The zero-order valence-corrected chi connectivity index (χ0v) is 13.6. The van der Waals surface area contributed by atoms with Gasteiger partial charge < -0.3 is 15.7 Å². The van der Waals surface area contributed by atoms with Gasteiger partial charge in [-0.1, -0.05) is 19.1 Å². The second kappa shape index (κ2) is 8.80. The maximum atomic E-state index is 12.0. The number of nitrogens with one attached hydrogen (secondary N) is 2. The summed E-state index contributed by atoms with van der Waals surface area (Å²) >= 11 is 0. The summed E-state index contributed by atoms with van der Waals surface area (Å²) < 4.78 is 0. The molecule has 1 amide bonds. The second-order valence-electron chi connectivity index (χ2n) is 5.71. The molecule has 0 fully saturated rings. The normalized spacial score (nSPS) is 13.8. The summed E-state index contributed by atoms with van der Waals surface area (Å²) in [7, 11) is 0. The van der Waals surface area contributed by atoms with Gasteiger partial charge in [0.15, 0.2) is 0 Å². The standard InChI is InChI=1S/C17H28N2O2/c1-5-15(20)9-10-18-13(3)11-17(21)19-16-8-6-7-12(2)14(16)4/h6-8,13,15,18,20H,5,9-11H2,1-4H3,(H,19,21). The summed E-state index contributed by atoms with van der Waals surface area (Å²) in [5.41, 5.74) is 3.17. The van der Waals surface area contributed by atoms with Crippen LogP contribution in [0.4, 0.5) is 5.69 Å². The summed E-state index contributed by atoms with van der Waals surface area (Å²) in [4.78, 5) is 12.0. The number of benzene rings is 1. The van der Waals surface area contributed by atoms with Crippen molar-refractivity contribution in [2.45, 2.75) is 59.1 Å². The van der Waals surface area contributed by atoms with E-state index in [1.165, 1.54) is 5.56 Å². The molecule has 0 saturated heterocycles. The first-order valence-corrected chi connectivity index (χ1v) is 7.71. The van der Waals surface area contributed by atoms with Gasteiger partial charge in [-0.2, -0.15) is 0 Å². The first-order valence-electron chi connectivity index (χ1n) is 7.71. The molecule has 1 aromatic rings. The van der Waals surface area contributed by atoms with Crippen molar-refractivity contribution >= 4 is 11.6 Å². The minimum atomic E-state index is -0.256. The molecule has 0 aliphatic rings. The quantitative estimate of drug-likeness (QED) is 0.690. The summed E-state index contributed by atoms with van der Waals surface area (Å²) in [5.74, 6) is 0.0136. The SMILES string of the molecule is CCC(O)CCNC(C)CC(=O)Nc1cccc(C)c1C. The lowest BCUT2D eigenvalue weighted by Gasteiger charge is -2.16. The van der Waals surface area contributed by atoms with Crippen molar-refractivity contribution < 1.29 is 9.90 Å². The fraction of sp³-hybridized carbons (Fsp3) is 0.588. The highest BCUT2D eigenvalue weighted by Gasteiger charge is 2.11. The molecule has 3 N–H and O–H groups in total. The van der Waals surface area contributed by atoms with E-state index in [1.54, 1.807) is 0 Å². The van der Waals surface area contributed by atoms with Gasteiger partial charge >= 0.3 is 0 Å². The average molecular weight is 292 g/mol. The Hall–Kier alpha value is -1.39. The fourth-order valence-electron chi connectivity index (χ4n) is 2.14. The Morgan fingerprint density at radius 2 is 2.05 bits per heavy atom. The number of carbonyl (C=O) groups is 1. The molecule has 4 nitrogen and oxygen atoms in total. The van der Waals surface area contributed by atoms with Gasteiger partial charge in [-0.15, -0.1) is 0 Å². The van der Waals surface area contributed by atoms with Gasteiger partial charge in [0, 0.05) is 18.2 Å². The van der Waals surface area contributed by atoms with Crippen LogP contribution in [0, 0.1) is 13.8 Å². The molecule has 118 valence electrons. The lowest BCUT2D eigenvalue weighted by Crippen LogP contribution is -2.32. The number of anilines is 1. The Labute approximate surface area is 128 Å². The molecule has 0 aliphatic carbocycles. The zero-order valence-electron chi connectivity index (χ0n) is 13.6. The molecular formula is C17H28N2O2. The number of aliphatic hydroxyl groups excluding tert-OH is 1. The third-order valence-electron chi connectivity index (χ3n) is 3.81. The van der Waals surface area contributed by atoms with E-state index in [0.29, 0.717) is 6.42 Å². The molecule has 1 rings (SSSR count). The predicted octanol–water partition coefficient (Wildman–Crippen LogP) is 2.77. The van der Waals surface area contributed by atoms with Gasteiger partial charge in [0.2, 0.25) is 5.91 Å². The molecule has 0 aliphatic heterocycles. The summed E-state index contributed by atoms with van der Waals surface area (Å²) in [6, 6.07) is 6.01. The van der Waals surface area contributed by atoms with Crippen LogP contribution >= 0.6 is 0 Å². The van der Waals surface area contributed by atoms with Gasteiger partial charge in [-0.05, 0) is 57.4 Å². The molecule has 1 aromatic carbocycles. The van der Waals surface area contributed by atoms with Gasteiger partial charge in [-0.3, -0.25) is 4.79 Å². The molecule has 0 heterocycles. The van der Waals surface area contributed by atoms with Crippen molar-refractivity contribution in [1.29, 1.82) is 0 Å². The Morgan fingerprint density at radius 1 is 1.33 bits per heavy atom. The van der Waals surface area contributed by atoms with Crippen LogP contribution in [0.25, 0.3) is 0 Å². The highest BCUT2D eigenvalue weighted by Crippen LogP contribution is 2.18. The van der Waals surface area contributed by atoms with Crippen molar-refractivity contribution in [1.82, 2.24) is 5.32 Å². The molecule has 0 aromatic heterocycles. The molecule has 0 bridgehead atoms. The minimum Gasteiger partial charge on any atom is -0.393 e. The molecule has 4 heteroatoms. The smallest absolute Gasteiger partial charge is 0.225 e. The van der Waals surface area contributed by atoms with Crippen LogP contribution in [0.5, 0.6) is 0 Å². The summed E-state index contributed by atoms with van der Waals surface area (Å²) in [6.45, 7) is 8.73. The average Bonchev–Trinajstić information content (AvgIpc) is 2.43. The number of carbonyl (C=O) groups excluding carboxylic acids is 1. The van der Waals surface area contributed by atoms with Crippen LogP contribution in [0.1, 0.15) is 44.2 Å². The largest absolute Gasteiger partial charge is 0.393 e. The van der Waals surface area contributed by atoms with E-state index in [9.17, 15) is 9.90 Å². The van der Waals surface area contributed by atoms with E-state index >= 15 is 0 Å². The van der Waals surface area contributed by atoms with Crippen molar-refractivity contribution in [3.05, 3.63) is 29.3 Å². The van der Waals surface area contributed by atoms with Crippen molar-refractivity contribution in [2.24, 2.45) is 0 Å². The number of hydrogen-bond acceptors (Lipinski definition) is 3. The van der Waals surface area contributed by atoms with Crippen LogP contribution < -0.4 is 10.6 Å². The van der Waals surface area contributed by atoms with E-state index in [4.69, 9.17) is 0 Å². The molecule has 0 radical (unpaired) electrons. The van der Waals surface area contributed by atoms with Crippen LogP contribution in [0.15, 0.2) is 18.2 Å². The van der Waals surface area contributed by atoms with Crippen molar-refractivity contribution in [2.75, 3.05) is 11.9 Å². The maximum Gasteiger partial charge on any atom is 0.225 e.